The Morgan fingerprint density at radius 1 is 1.08 bits per heavy atom. The smallest absolute Gasteiger partial charge is 0.246 e. The molecule has 0 bridgehead atoms. The maximum atomic E-state index is 5.99. The summed E-state index contributed by atoms with van der Waals surface area (Å²) in [5.41, 5.74) is 10.1. The summed E-state index contributed by atoms with van der Waals surface area (Å²) in [5.74, 6) is 0.439. The number of hydrogen-bond donors (Lipinski definition) is 1. The first-order valence-corrected chi connectivity index (χ1v) is 8.08. The van der Waals surface area contributed by atoms with Crippen molar-refractivity contribution in [2.24, 2.45) is 0 Å². The van der Waals surface area contributed by atoms with Crippen molar-refractivity contribution in [2.75, 3.05) is 24.9 Å². The van der Waals surface area contributed by atoms with E-state index in [4.69, 9.17) is 15.2 Å². The van der Waals surface area contributed by atoms with Crippen molar-refractivity contribution in [1.82, 2.24) is 15.0 Å². The van der Waals surface area contributed by atoms with Crippen molar-refractivity contribution in [1.29, 1.82) is 0 Å². The molecule has 0 aliphatic rings. The molecule has 7 heteroatoms. The first-order chi connectivity index (χ1) is 12.6. The minimum Gasteiger partial charge on any atom is -0.399 e. The van der Waals surface area contributed by atoms with E-state index in [2.05, 4.69) is 15.0 Å². The number of nitrogen functional groups attached to an aromatic ring is 1. The van der Waals surface area contributed by atoms with E-state index in [9.17, 15) is 0 Å². The van der Waals surface area contributed by atoms with Crippen LogP contribution in [-0.4, -0.2) is 35.6 Å². The van der Waals surface area contributed by atoms with Gasteiger partial charge in [-0.15, -0.1) is 0 Å². The third-order valence-corrected chi connectivity index (χ3v) is 3.92. The highest BCUT2D eigenvalue weighted by molar-refractivity contribution is 5.68. The van der Waals surface area contributed by atoms with Gasteiger partial charge in [0.25, 0.3) is 0 Å². The van der Waals surface area contributed by atoms with E-state index in [1.807, 2.05) is 43.3 Å². The molecule has 3 aromatic rings. The highest BCUT2D eigenvalue weighted by Crippen LogP contribution is 2.31. The van der Waals surface area contributed by atoms with Crippen LogP contribution in [0, 0.1) is 6.92 Å². The zero-order valence-corrected chi connectivity index (χ0v) is 15.0. The van der Waals surface area contributed by atoms with Crippen molar-refractivity contribution in [3.05, 3.63) is 60.6 Å². The molecule has 7 nitrogen and oxygen atoms in total. The summed E-state index contributed by atoms with van der Waals surface area (Å²) in [5, 5.41) is 0. The number of ether oxygens (including phenoxy) is 2. The number of hydrogen-bond acceptors (Lipinski definition) is 7. The van der Waals surface area contributed by atoms with Crippen LogP contribution in [0.3, 0.4) is 0 Å². The second kappa shape index (κ2) is 7.90. The molecule has 0 atom stereocenters. The molecule has 2 N–H and O–H groups in total. The van der Waals surface area contributed by atoms with Gasteiger partial charge in [0.2, 0.25) is 12.4 Å². The highest BCUT2D eigenvalue weighted by atomic mass is 16.7. The lowest BCUT2D eigenvalue weighted by Gasteiger charge is -2.30. The number of methoxy groups -OCH3 is 2. The van der Waals surface area contributed by atoms with Gasteiger partial charge in [-0.3, -0.25) is 9.88 Å². The lowest BCUT2D eigenvalue weighted by Crippen LogP contribution is -2.36. The topological polar surface area (TPSA) is 86.4 Å². The largest absolute Gasteiger partial charge is 0.399 e. The van der Waals surface area contributed by atoms with Crippen LogP contribution in [-0.2, 0) is 9.47 Å². The summed E-state index contributed by atoms with van der Waals surface area (Å²) >= 11 is 0. The predicted molar refractivity (Wildman–Crippen MR) is 101 cm³/mol. The first-order valence-electron chi connectivity index (χ1n) is 8.08. The summed E-state index contributed by atoms with van der Waals surface area (Å²) < 4.78 is 11.0. The molecule has 3 rings (SSSR count). The maximum absolute atomic E-state index is 5.99. The predicted octanol–water partition coefficient (Wildman–Crippen LogP) is 3.14. The normalized spacial score (nSPS) is 10.9. The summed E-state index contributed by atoms with van der Waals surface area (Å²) in [6.07, 6.45) is 4.47. The van der Waals surface area contributed by atoms with Gasteiger partial charge in [0, 0.05) is 44.1 Å². The Bertz CT molecular complexity index is 869. The standard InChI is InChI=1S/C19H21N5O2/c1-13-6-7-15(20)11-17(13)24(19(25-2)26-3)18-22-10-8-16(23-18)14-5-4-9-21-12-14/h4-12,19H,20H2,1-3H3. The third-order valence-electron chi connectivity index (χ3n) is 3.92. The third kappa shape index (κ3) is 3.63. The van der Waals surface area contributed by atoms with Gasteiger partial charge in [0.05, 0.1) is 11.4 Å². The van der Waals surface area contributed by atoms with E-state index >= 15 is 0 Å². The molecule has 26 heavy (non-hydrogen) atoms. The van der Waals surface area contributed by atoms with E-state index in [1.54, 1.807) is 37.7 Å². The molecular formula is C19H21N5O2. The molecule has 0 unspecified atom stereocenters. The zero-order valence-electron chi connectivity index (χ0n) is 15.0. The molecule has 0 amide bonds. The van der Waals surface area contributed by atoms with Crippen LogP contribution in [0.4, 0.5) is 17.3 Å². The van der Waals surface area contributed by atoms with Crippen molar-refractivity contribution in [2.45, 2.75) is 13.3 Å². The SMILES string of the molecule is COC(OC)N(c1nccc(-c2cccnc2)n1)c1cc(N)ccc1C. The highest BCUT2D eigenvalue weighted by Gasteiger charge is 2.24. The van der Waals surface area contributed by atoms with Crippen molar-refractivity contribution in [3.8, 4) is 11.3 Å². The number of pyridine rings is 1. The number of nitrogens with two attached hydrogens (primary N) is 1. The lowest BCUT2D eigenvalue weighted by molar-refractivity contribution is -0.0963. The average Bonchev–Trinajstić information content (AvgIpc) is 2.69. The fraction of sp³-hybridized carbons (Fsp3) is 0.211. The van der Waals surface area contributed by atoms with Crippen LogP contribution in [0.15, 0.2) is 55.0 Å². The summed E-state index contributed by atoms with van der Waals surface area (Å²) in [6.45, 7) is 1.98. The maximum Gasteiger partial charge on any atom is 0.246 e. The molecule has 0 fully saturated rings. The summed E-state index contributed by atoms with van der Waals surface area (Å²) in [6, 6.07) is 11.3. The molecule has 2 heterocycles. The van der Waals surface area contributed by atoms with Gasteiger partial charge in [-0.25, -0.2) is 9.97 Å². The van der Waals surface area contributed by atoms with Crippen LogP contribution in [0.5, 0.6) is 0 Å². The number of nitrogens with zero attached hydrogens (tertiary/aromatic N) is 4. The molecular weight excluding hydrogens is 330 g/mol. The number of aromatic nitrogens is 3. The Kier molecular flexibility index (Phi) is 5.40. The molecule has 0 aliphatic heterocycles. The Morgan fingerprint density at radius 3 is 2.58 bits per heavy atom. The van der Waals surface area contributed by atoms with Gasteiger partial charge in [0.1, 0.15) is 0 Å². The molecule has 0 aliphatic carbocycles. The number of benzene rings is 1. The second-order valence-corrected chi connectivity index (χ2v) is 5.68. The quantitative estimate of drug-likeness (QED) is 0.539. The first kappa shape index (κ1) is 17.8. The van der Waals surface area contributed by atoms with E-state index < -0.39 is 6.41 Å². The average molecular weight is 351 g/mol. The minimum atomic E-state index is -0.709. The Labute approximate surface area is 152 Å². The molecule has 0 saturated heterocycles. The summed E-state index contributed by atoms with van der Waals surface area (Å²) in [4.78, 5) is 15.0. The van der Waals surface area contributed by atoms with Crippen molar-refractivity contribution >= 4 is 17.3 Å². The number of rotatable bonds is 6. The molecule has 0 saturated carbocycles. The molecule has 2 aromatic heterocycles. The van der Waals surface area contributed by atoms with E-state index in [0.717, 1.165) is 22.5 Å². The molecule has 1 aromatic carbocycles. The van der Waals surface area contributed by atoms with Gasteiger partial charge in [-0.1, -0.05) is 6.07 Å². The zero-order chi connectivity index (χ0) is 18.5. The Balaban J connectivity index is 2.12. The van der Waals surface area contributed by atoms with Crippen LogP contribution < -0.4 is 10.6 Å². The fourth-order valence-corrected chi connectivity index (χ4v) is 2.65. The number of anilines is 3. The monoisotopic (exact) mass is 351 g/mol. The molecule has 0 spiro atoms. The van der Waals surface area contributed by atoms with E-state index in [-0.39, 0.29) is 0 Å². The van der Waals surface area contributed by atoms with E-state index in [1.165, 1.54) is 0 Å². The minimum absolute atomic E-state index is 0.439. The van der Waals surface area contributed by atoms with Gasteiger partial charge in [0.15, 0.2) is 0 Å². The van der Waals surface area contributed by atoms with Gasteiger partial charge < -0.3 is 15.2 Å². The van der Waals surface area contributed by atoms with Gasteiger partial charge in [-0.2, -0.15) is 0 Å². The fourth-order valence-electron chi connectivity index (χ4n) is 2.65. The van der Waals surface area contributed by atoms with Crippen molar-refractivity contribution < 1.29 is 9.47 Å². The van der Waals surface area contributed by atoms with Crippen LogP contribution in [0.2, 0.25) is 0 Å². The molecule has 134 valence electrons. The van der Waals surface area contributed by atoms with Crippen LogP contribution in [0.1, 0.15) is 5.56 Å². The Morgan fingerprint density at radius 2 is 1.88 bits per heavy atom. The van der Waals surface area contributed by atoms with Crippen molar-refractivity contribution in [3.63, 3.8) is 0 Å². The lowest BCUT2D eigenvalue weighted by atomic mass is 10.1. The second-order valence-electron chi connectivity index (χ2n) is 5.68. The summed E-state index contributed by atoms with van der Waals surface area (Å²) in [7, 11) is 3.13. The van der Waals surface area contributed by atoms with Gasteiger partial charge in [-0.05, 0) is 42.8 Å². The Hall–Kier alpha value is -3.03. The van der Waals surface area contributed by atoms with Crippen LogP contribution in [0.25, 0.3) is 11.3 Å². The number of aryl methyl sites for hydroxylation is 1. The van der Waals surface area contributed by atoms with E-state index in [0.29, 0.717) is 11.6 Å². The van der Waals surface area contributed by atoms with Gasteiger partial charge >= 0.3 is 0 Å². The van der Waals surface area contributed by atoms with Crippen LogP contribution >= 0.6 is 0 Å². The molecule has 0 radical (unpaired) electrons.